The lowest BCUT2D eigenvalue weighted by Crippen LogP contribution is -2.53. The number of thioether (sulfide) groups is 1. The van der Waals surface area contributed by atoms with E-state index in [2.05, 4.69) is 15.2 Å². The Morgan fingerprint density at radius 1 is 1.62 bits per heavy atom. The monoisotopic (exact) mass is 235 g/mol. The summed E-state index contributed by atoms with van der Waals surface area (Å²) in [6, 6.07) is 1.89. The van der Waals surface area contributed by atoms with Crippen LogP contribution in [0.5, 0.6) is 0 Å². The quantitative estimate of drug-likeness (QED) is 0.735. The molecule has 1 amide bonds. The highest BCUT2D eigenvalue weighted by molar-refractivity contribution is 7.99. The lowest BCUT2D eigenvalue weighted by Gasteiger charge is -2.40. The molecule has 0 aromatic carbocycles. The zero-order valence-corrected chi connectivity index (χ0v) is 9.88. The fourth-order valence-corrected chi connectivity index (χ4v) is 3.24. The van der Waals surface area contributed by atoms with Crippen molar-refractivity contribution in [3.05, 3.63) is 17.8 Å². The van der Waals surface area contributed by atoms with Gasteiger partial charge in [0.2, 0.25) is 5.91 Å². The van der Waals surface area contributed by atoms with Crippen LogP contribution in [-0.2, 0) is 4.79 Å². The number of amides is 1. The Labute approximate surface area is 98.4 Å². The van der Waals surface area contributed by atoms with Crippen molar-refractivity contribution in [3.8, 4) is 0 Å². The van der Waals surface area contributed by atoms with E-state index in [0.717, 1.165) is 35.1 Å². The molecule has 2 aliphatic heterocycles. The van der Waals surface area contributed by atoms with Gasteiger partial charge in [-0.3, -0.25) is 4.79 Å². The zero-order valence-electron chi connectivity index (χ0n) is 9.06. The van der Waals surface area contributed by atoms with Crippen LogP contribution in [0.15, 0.2) is 12.3 Å². The SMILES string of the molecule is Cc1ccnc2c1NC(=O)C1CSCCN21. The predicted octanol–water partition coefficient (Wildman–Crippen LogP) is 1.26. The van der Waals surface area contributed by atoms with Crippen molar-refractivity contribution < 1.29 is 4.79 Å². The number of hydrogen-bond donors (Lipinski definition) is 1. The molecule has 16 heavy (non-hydrogen) atoms. The highest BCUT2D eigenvalue weighted by atomic mass is 32.2. The number of fused-ring (bicyclic) bond motifs is 3. The Hall–Kier alpha value is -1.23. The minimum atomic E-state index is -0.0412. The average molecular weight is 235 g/mol. The first-order chi connectivity index (χ1) is 7.77. The fourth-order valence-electron chi connectivity index (χ4n) is 2.20. The Bertz CT molecular complexity index is 449. The number of pyridine rings is 1. The summed E-state index contributed by atoms with van der Waals surface area (Å²) in [5.41, 5.74) is 1.96. The number of anilines is 2. The molecule has 1 fully saturated rings. The van der Waals surface area contributed by atoms with Crippen molar-refractivity contribution in [1.29, 1.82) is 0 Å². The molecule has 0 spiro atoms. The Morgan fingerprint density at radius 3 is 3.38 bits per heavy atom. The third kappa shape index (κ3) is 1.38. The van der Waals surface area contributed by atoms with E-state index in [4.69, 9.17) is 0 Å². The number of nitrogens with zero attached hydrogens (tertiary/aromatic N) is 2. The number of nitrogens with one attached hydrogen (secondary N) is 1. The number of aryl methyl sites for hydroxylation is 1. The van der Waals surface area contributed by atoms with E-state index >= 15 is 0 Å². The fraction of sp³-hybridized carbons (Fsp3) is 0.455. The van der Waals surface area contributed by atoms with Crippen LogP contribution < -0.4 is 10.2 Å². The van der Waals surface area contributed by atoms with Crippen LogP contribution in [0.1, 0.15) is 5.56 Å². The minimum absolute atomic E-state index is 0.0412. The minimum Gasteiger partial charge on any atom is -0.341 e. The summed E-state index contributed by atoms with van der Waals surface area (Å²) in [7, 11) is 0. The maximum atomic E-state index is 11.9. The van der Waals surface area contributed by atoms with E-state index in [1.807, 2.05) is 30.9 Å². The number of aromatic nitrogens is 1. The van der Waals surface area contributed by atoms with Gasteiger partial charge in [0, 0.05) is 24.2 Å². The normalized spacial score (nSPS) is 23.4. The van der Waals surface area contributed by atoms with Gasteiger partial charge in [0.05, 0.1) is 5.69 Å². The van der Waals surface area contributed by atoms with Crippen molar-refractivity contribution >= 4 is 29.2 Å². The highest BCUT2D eigenvalue weighted by Gasteiger charge is 2.36. The zero-order chi connectivity index (χ0) is 11.1. The number of rotatable bonds is 0. The Morgan fingerprint density at radius 2 is 2.50 bits per heavy atom. The van der Waals surface area contributed by atoms with Crippen molar-refractivity contribution in [2.75, 3.05) is 28.3 Å². The molecular formula is C11H13N3OS. The second-order valence-electron chi connectivity index (χ2n) is 4.10. The topological polar surface area (TPSA) is 45.2 Å². The molecule has 4 nitrogen and oxygen atoms in total. The number of carbonyl (C=O) groups is 1. The van der Waals surface area contributed by atoms with Crippen LogP contribution in [0.4, 0.5) is 11.5 Å². The number of carbonyl (C=O) groups excluding carboxylic acids is 1. The Kier molecular flexibility index (Phi) is 2.28. The first-order valence-electron chi connectivity index (χ1n) is 5.38. The average Bonchev–Trinajstić information content (AvgIpc) is 2.31. The highest BCUT2D eigenvalue weighted by Crippen LogP contribution is 2.35. The van der Waals surface area contributed by atoms with Gasteiger partial charge >= 0.3 is 0 Å². The molecule has 5 heteroatoms. The molecular weight excluding hydrogens is 222 g/mol. The molecule has 3 heterocycles. The standard InChI is InChI=1S/C11H13N3OS/c1-7-2-3-12-10-9(7)13-11(15)8-6-16-5-4-14(8)10/h2-3,8H,4-6H2,1H3,(H,13,15). The van der Waals surface area contributed by atoms with Crippen LogP contribution in [0.3, 0.4) is 0 Å². The van der Waals surface area contributed by atoms with Crippen molar-refractivity contribution in [3.63, 3.8) is 0 Å². The third-order valence-corrected chi connectivity index (χ3v) is 4.11. The summed E-state index contributed by atoms with van der Waals surface area (Å²) in [4.78, 5) is 18.5. The smallest absolute Gasteiger partial charge is 0.248 e. The van der Waals surface area contributed by atoms with Crippen molar-refractivity contribution in [2.24, 2.45) is 0 Å². The van der Waals surface area contributed by atoms with Gasteiger partial charge in [-0.15, -0.1) is 0 Å². The molecule has 1 aromatic heterocycles. The van der Waals surface area contributed by atoms with Crippen molar-refractivity contribution in [2.45, 2.75) is 13.0 Å². The molecule has 1 atom stereocenters. The van der Waals surface area contributed by atoms with E-state index in [0.29, 0.717) is 0 Å². The second kappa shape index (κ2) is 3.66. The maximum Gasteiger partial charge on any atom is 0.248 e. The summed E-state index contributed by atoms with van der Waals surface area (Å²) >= 11 is 1.83. The largest absolute Gasteiger partial charge is 0.341 e. The Balaban J connectivity index is 2.10. The molecule has 84 valence electrons. The molecule has 3 rings (SSSR count). The van der Waals surface area contributed by atoms with Crippen LogP contribution in [0.2, 0.25) is 0 Å². The first kappa shape index (κ1) is 9.96. The summed E-state index contributed by atoms with van der Waals surface area (Å²) in [5, 5.41) is 2.97. The third-order valence-electron chi connectivity index (χ3n) is 3.09. The molecule has 0 aliphatic carbocycles. The van der Waals surface area contributed by atoms with E-state index in [1.54, 1.807) is 0 Å². The summed E-state index contributed by atoms with van der Waals surface area (Å²) < 4.78 is 0. The van der Waals surface area contributed by atoms with Gasteiger partial charge in [-0.2, -0.15) is 11.8 Å². The first-order valence-corrected chi connectivity index (χ1v) is 6.53. The van der Waals surface area contributed by atoms with Crippen LogP contribution >= 0.6 is 11.8 Å². The molecule has 1 unspecified atom stereocenters. The molecule has 1 aromatic rings. The lowest BCUT2D eigenvalue weighted by molar-refractivity contribution is -0.117. The van der Waals surface area contributed by atoms with Crippen LogP contribution in [-0.4, -0.2) is 35.0 Å². The number of hydrogen-bond acceptors (Lipinski definition) is 4. The van der Waals surface area contributed by atoms with Gasteiger partial charge in [-0.1, -0.05) is 0 Å². The van der Waals surface area contributed by atoms with E-state index in [1.165, 1.54) is 0 Å². The predicted molar refractivity (Wildman–Crippen MR) is 66.1 cm³/mol. The van der Waals surface area contributed by atoms with Gasteiger partial charge in [-0.05, 0) is 18.6 Å². The molecule has 2 aliphatic rings. The van der Waals surface area contributed by atoms with Gasteiger partial charge in [0.25, 0.3) is 0 Å². The van der Waals surface area contributed by atoms with Gasteiger partial charge in [-0.25, -0.2) is 4.98 Å². The second-order valence-corrected chi connectivity index (χ2v) is 5.25. The lowest BCUT2D eigenvalue weighted by atomic mass is 10.1. The molecule has 0 saturated carbocycles. The molecule has 1 N–H and O–H groups in total. The van der Waals surface area contributed by atoms with Crippen LogP contribution in [0.25, 0.3) is 0 Å². The maximum absolute atomic E-state index is 11.9. The summed E-state index contributed by atoms with van der Waals surface area (Å²) in [6.07, 6.45) is 1.81. The summed E-state index contributed by atoms with van der Waals surface area (Å²) in [6.45, 7) is 2.91. The van der Waals surface area contributed by atoms with Crippen LogP contribution in [0, 0.1) is 6.92 Å². The van der Waals surface area contributed by atoms with Gasteiger partial charge in [0.15, 0.2) is 5.82 Å². The van der Waals surface area contributed by atoms with E-state index in [9.17, 15) is 4.79 Å². The van der Waals surface area contributed by atoms with Crippen molar-refractivity contribution in [1.82, 2.24) is 4.98 Å². The molecule has 0 bridgehead atoms. The molecule has 1 saturated heterocycles. The van der Waals surface area contributed by atoms with E-state index in [-0.39, 0.29) is 11.9 Å². The summed E-state index contributed by atoms with van der Waals surface area (Å²) in [5.74, 6) is 2.97. The molecule has 0 radical (unpaired) electrons. The van der Waals surface area contributed by atoms with Gasteiger partial charge < -0.3 is 10.2 Å². The van der Waals surface area contributed by atoms with Gasteiger partial charge in [0.1, 0.15) is 6.04 Å². The van der Waals surface area contributed by atoms with E-state index < -0.39 is 0 Å².